The lowest BCUT2D eigenvalue weighted by molar-refractivity contribution is -0.904. The van der Waals surface area contributed by atoms with Gasteiger partial charge in [-0.1, -0.05) is 56.0 Å². The fourth-order valence-electron chi connectivity index (χ4n) is 4.14. The second kappa shape index (κ2) is 9.43. The van der Waals surface area contributed by atoms with Gasteiger partial charge in [-0.15, -0.1) is 0 Å². The van der Waals surface area contributed by atoms with Crippen LogP contribution in [-0.4, -0.2) is 24.7 Å². The van der Waals surface area contributed by atoms with E-state index in [1.165, 1.54) is 47.3 Å². The Hall–Kier alpha value is -1.06. The van der Waals surface area contributed by atoms with Gasteiger partial charge < -0.3 is 10.0 Å². The number of benzene rings is 2. The number of aliphatic hydroxyl groups is 1. The van der Waals surface area contributed by atoms with Crippen LogP contribution in [0, 0.1) is 0 Å². The standard InChI is InChI=1S/C23H29Cl2NO/c1-3-5-9-26(10-6-4-2)15-22(27)21-14-19(25)13-17-11-16-12-18(24)7-8-20(16)23(17)21/h7-8,12-14,22,27H,3-6,9-11,15H2,1-2H3/p+1/t22-/m0/s1. The molecule has 0 amide bonds. The summed E-state index contributed by atoms with van der Waals surface area (Å²) in [6.45, 7) is 7.40. The van der Waals surface area contributed by atoms with Gasteiger partial charge in [-0.3, -0.25) is 0 Å². The molecule has 0 fully saturated rings. The number of quaternary nitrogens is 1. The second-order valence-electron chi connectivity index (χ2n) is 7.68. The molecule has 0 radical (unpaired) electrons. The third kappa shape index (κ3) is 4.86. The summed E-state index contributed by atoms with van der Waals surface area (Å²) in [7, 11) is 0. The maximum atomic E-state index is 11.2. The largest absolute Gasteiger partial charge is 0.382 e. The van der Waals surface area contributed by atoms with Crippen molar-refractivity contribution in [2.75, 3.05) is 19.6 Å². The van der Waals surface area contributed by atoms with Gasteiger partial charge in [0.05, 0.1) is 13.1 Å². The number of nitrogens with one attached hydrogen (secondary N) is 1. The van der Waals surface area contributed by atoms with Crippen molar-refractivity contribution in [2.45, 2.75) is 52.1 Å². The Kier molecular flexibility index (Phi) is 7.22. The van der Waals surface area contributed by atoms with Gasteiger partial charge in [-0.25, -0.2) is 0 Å². The molecule has 0 saturated heterocycles. The van der Waals surface area contributed by atoms with Gasteiger partial charge >= 0.3 is 0 Å². The molecule has 0 saturated carbocycles. The monoisotopic (exact) mass is 406 g/mol. The zero-order valence-corrected chi connectivity index (χ0v) is 17.8. The molecule has 0 bridgehead atoms. The van der Waals surface area contributed by atoms with E-state index in [0.717, 1.165) is 42.2 Å². The van der Waals surface area contributed by atoms with Gasteiger partial charge in [-0.05, 0) is 71.3 Å². The lowest BCUT2D eigenvalue weighted by Crippen LogP contribution is -3.12. The van der Waals surface area contributed by atoms with Crippen molar-refractivity contribution in [1.29, 1.82) is 0 Å². The van der Waals surface area contributed by atoms with Gasteiger partial charge in [0.15, 0.2) is 0 Å². The minimum absolute atomic E-state index is 0.511. The SMILES string of the molecule is CCCC[NH+](CCCC)C[C@H](O)c1cc(Cl)cc2c1-c1ccc(Cl)cc1C2. The van der Waals surface area contributed by atoms with E-state index in [0.29, 0.717) is 5.02 Å². The van der Waals surface area contributed by atoms with E-state index in [-0.39, 0.29) is 0 Å². The predicted octanol–water partition coefficient (Wildman–Crippen LogP) is 5.08. The summed E-state index contributed by atoms with van der Waals surface area (Å²) in [5.74, 6) is 0. The summed E-state index contributed by atoms with van der Waals surface area (Å²) in [6, 6.07) is 10.0. The van der Waals surface area contributed by atoms with Crippen molar-refractivity contribution in [2.24, 2.45) is 0 Å². The second-order valence-corrected chi connectivity index (χ2v) is 8.56. The number of rotatable bonds is 9. The number of aliphatic hydroxyl groups excluding tert-OH is 1. The van der Waals surface area contributed by atoms with Gasteiger partial charge in [-0.2, -0.15) is 0 Å². The normalized spacial score (nSPS) is 13.7. The van der Waals surface area contributed by atoms with Crippen LogP contribution in [0.25, 0.3) is 11.1 Å². The molecule has 1 aliphatic carbocycles. The Bertz CT molecular complexity index is 782. The van der Waals surface area contributed by atoms with Crippen molar-refractivity contribution in [1.82, 2.24) is 0 Å². The van der Waals surface area contributed by atoms with Crippen molar-refractivity contribution in [3.05, 3.63) is 57.1 Å². The maximum absolute atomic E-state index is 11.2. The first kappa shape index (κ1) is 20.7. The Morgan fingerprint density at radius 2 is 1.63 bits per heavy atom. The zero-order chi connectivity index (χ0) is 19.4. The topological polar surface area (TPSA) is 24.7 Å². The Labute approximate surface area is 173 Å². The van der Waals surface area contributed by atoms with Crippen molar-refractivity contribution in [3.63, 3.8) is 0 Å². The summed E-state index contributed by atoms with van der Waals surface area (Å²) in [5.41, 5.74) is 5.71. The highest BCUT2D eigenvalue weighted by Gasteiger charge is 2.27. The molecule has 4 heteroatoms. The number of hydrogen-bond donors (Lipinski definition) is 2. The average Bonchev–Trinajstić information content (AvgIpc) is 2.99. The Balaban J connectivity index is 1.89. The highest BCUT2D eigenvalue weighted by atomic mass is 35.5. The van der Waals surface area contributed by atoms with Crippen molar-refractivity contribution >= 4 is 23.2 Å². The number of hydrogen-bond acceptors (Lipinski definition) is 1. The van der Waals surface area contributed by atoms with Gasteiger partial charge in [0.1, 0.15) is 12.6 Å². The first-order valence-electron chi connectivity index (χ1n) is 10.2. The van der Waals surface area contributed by atoms with Crippen LogP contribution < -0.4 is 4.90 Å². The van der Waals surface area contributed by atoms with E-state index >= 15 is 0 Å². The molecule has 2 nitrogen and oxygen atoms in total. The zero-order valence-electron chi connectivity index (χ0n) is 16.3. The summed E-state index contributed by atoms with van der Waals surface area (Å²) in [6.07, 6.45) is 5.08. The van der Waals surface area contributed by atoms with Gasteiger partial charge in [0.25, 0.3) is 0 Å². The van der Waals surface area contributed by atoms with E-state index in [4.69, 9.17) is 23.2 Å². The van der Waals surface area contributed by atoms with E-state index in [2.05, 4.69) is 19.9 Å². The molecular formula is C23H30Cl2NO+. The smallest absolute Gasteiger partial charge is 0.128 e. The third-order valence-electron chi connectivity index (χ3n) is 5.54. The van der Waals surface area contributed by atoms with Crippen LogP contribution in [0.2, 0.25) is 10.0 Å². The lowest BCUT2D eigenvalue weighted by Gasteiger charge is -2.24. The maximum Gasteiger partial charge on any atom is 0.128 e. The van der Waals surface area contributed by atoms with Crippen LogP contribution in [0.15, 0.2) is 30.3 Å². The number of unbranched alkanes of at least 4 members (excludes halogenated alkanes) is 2. The summed E-state index contributed by atoms with van der Waals surface area (Å²) >= 11 is 12.6. The first-order valence-corrected chi connectivity index (χ1v) is 10.9. The molecule has 1 aliphatic rings. The van der Waals surface area contributed by atoms with Crippen LogP contribution in [-0.2, 0) is 6.42 Å². The predicted molar refractivity (Wildman–Crippen MR) is 115 cm³/mol. The van der Waals surface area contributed by atoms with Crippen LogP contribution in [0.4, 0.5) is 0 Å². The van der Waals surface area contributed by atoms with E-state index in [1.54, 1.807) is 0 Å². The minimum Gasteiger partial charge on any atom is -0.382 e. The van der Waals surface area contributed by atoms with Gasteiger partial charge in [0, 0.05) is 10.0 Å². The molecular weight excluding hydrogens is 377 g/mol. The molecule has 1 atom stereocenters. The summed E-state index contributed by atoms with van der Waals surface area (Å²) in [5, 5.41) is 12.6. The van der Waals surface area contributed by atoms with Crippen molar-refractivity contribution < 1.29 is 10.0 Å². The lowest BCUT2D eigenvalue weighted by atomic mass is 9.95. The van der Waals surface area contributed by atoms with Crippen LogP contribution in [0.5, 0.6) is 0 Å². The Morgan fingerprint density at radius 1 is 0.963 bits per heavy atom. The fourth-order valence-corrected chi connectivity index (χ4v) is 4.58. The highest BCUT2D eigenvalue weighted by molar-refractivity contribution is 6.31. The fraction of sp³-hybridized carbons (Fsp3) is 0.478. The van der Waals surface area contributed by atoms with Crippen LogP contribution in [0.3, 0.4) is 0 Å². The average molecular weight is 407 g/mol. The minimum atomic E-state index is -0.511. The van der Waals surface area contributed by atoms with Gasteiger partial charge in [0.2, 0.25) is 0 Å². The highest BCUT2D eigenvalue weighted by Crippen LogP contribution is 2.43. The molecule has 0 aromatic heterocycles. The molecule has 2 aromatic rings. The quantitative estimate of drug-likeness (QED) is 0.508. The molecule has 3 rings (SSSR count). The number of halogens is 2. The molecule has 0 aliphatic heterocycles. The number of fused-ring (bicyclic) bond motifs is 3. The molecule has 2 N–H and O–H groups in total. The summed E-state index contributed by atoms with van der Waals surface area (Å²) in [4.78, 5) is 1.48. The summed E-state index contributed by atoms with van der Waals surface area (Å²) < 4.78 is 0. The van der Waals surface area contributed by atoms with E-state index < -0.39 is 6.10 Å². The molecule has 146 valence electrons. The Morgan fingerprint density at radius 3 is 2.30 bits per heavy atom. The third-order valence-corrected chi connectivity index (χ3v) is 5.99. The molecule has 0 spiro atoms. The van der Waals surface area contributed by atoms with Crippen molar-refractivity contribution in [3.8, 4) is 11.1 Å². The molecule has 0 heterocycles. The molecule has 0 unspecified atom stereocenters. The molecule has 27 heavy (non-hydrogen) atoms. The van der Waals surface area contributed by atoms with E-state index in [1.807, 2.05) is 24.3 Å². The van der Waals surface area contributed by atoms with E-state index in [9.17, 15) is 5.11 Å². The first-order chi connectivity index (χ1) is 13.0. The molecule has 2 aromatic carbocycles. The van der Waals surface area contributed by atoms with Crippen LogP contribution in [0.1, 0.15) is 62.3 Å². The van der Waals surface area contributed by atoms with Crippen LogP contribution >= 0.6 is 23.2 Å².